The first-order valence-corrected chi connectivity index (χ1v) is 8.71. The molecule has 0 bridgehead atoms. The zero-order valence-corrected chi connectivity index (χ0v) is 15.0. The van der Waals surface area contributed by atoms with Crippen LogP contribution in [-0.2, 0) is 14.3 Å². The van der Waals surface area contributed by atoms with Crippen LogP contribution in [0.2, 0.25) is 0 Å². The van der Waals surface area contributed by atoms with Crippen LogP contribution < -0.4 is 10.6 Å². The Morgan fingerprint density at radius 2 is 1.80 bits per heavy atom. The fraction of sp³-hybridized carbons (Fsp3) is 0.526. The van der Waals surface area contributed by atoms with Crippen molar-refractivity contribution in [3.63, 3.8) is 0 Å². The lowest BCUT2D eigenvalue weighted by molar-refractivity contribution is -0.125. The molecule has 3 atom stereocenters. The van der Waals surface area contributed by atoms with Crippen molar-refractivity contribution in [3.8, 4) is 0 Å². The van der Waals surface area contributed by atoms with Crippen LogP contribution in [0.25, 0.3) is 0 Å². The summed E-state index contributed by atoms with van der Waals surface area (Å²) in [7, 11) is 0. The van der Waals surface area contributed by atoms with Gasteiger partial charge in [0.05, 0.1) is 5.56 Å². The maximum atomic E-state index is 12.0. The molecule has 6 heteroatoms. The van der Waals surface area contributed by atoms with Gasteiger partial charge in [0.2, 0.25) is 5.91 Å². The second kappa shape index (κ2) is 8.65. The van der Waals surface area contributed by atoms with Gasteiger partial charge in [-0.2, -0.15) is 0 Å². The molecule has 2 rings (SSSR count). The van der Waals surface area contributed by atoms with E-state index in [-0.39, 0.29) is 24.5 Å². The Morgan fingerprint density at radius 1 is 1.12 bits per heavy atom. The topological polar surface area (TPSA) is 84.5 Å². The summed E-state index contributed by atoms with van der Waals surface area (Å²) in [6.45, 7) is 5.48. The van der Waals surface area contributed by atoms with Crippen LogP contribution in [-0.4, -0.2) is 30.4 Å². The molecule has 0 aromatic heterocycles. The number of carbonyl (C=O) groups is 3. The Labute approximate surface area is 148 Å². The van der Waals surface area contributed by atoms with E-state index in [0.29, 0.717) is 23.1 Å². The van der Waals surface area contributed by atoms with Crippen molar-refractivity contribution in [2.75, 3.05) is 11.9 Å². The number of amides is 2. The fourth-order valence-corrected chi connectivity index (χ4v) is 3.14. The number of hydrogen-bond acceptors (Lipinski definition) is 4. The van der Waals surface area contributed by atoms with Gasteiger partial charge in [0.1, 0.15) is 0 Å². The lowest BCUT2D eigenvalue weighted by Gasteiger charge is -2.34. The summed E-state index contributed by atoms with van der Waals surface area (Å²) < 4.78 is 5.08. The zero-order valence-electron chi connectivity index (χ0n) is 15.0. The molecule has 25 heavy (non-hydrogen) atoms. The number of benzene rings is 1. The Morgan fingerprint density at radius 3 is 2.44 bits per heavy atom. The number of hydrogen-bond donors (Lipinski definition) is 2. The summed E-state index contributed by atoms with van der Waals surface area (Å²) in [5.74, 6) is 0.000424. The van der Waals surface area contributed by atoms with Gasteiger partial charge in [0.25, 0.3) is 5.91 Å². The minimum absolute atomic E-state index is 0.145. The average molecular weight is 346 g/mol. The van der Waals surface area contributed by atoms with Crippen molar-refractivity contribution in [1.82, 2.24) is 5.32 Å². The van der Waals surface area contributed by atoms with Gasteiger partial charge in [-0.1, -0.05) is 26.7 Å². The predicted octanol–water partition coefficient (Wildman–Crippen LogP) is 2.74. The van der Waals surface area contributed by atoms with E-state index in [9.17, 15) is 14.4 Å². The van der Waals surface area contributed by atoms with Crippen molar-refractivity contribution in [2.24, 2.45) is 11.8 Å². The monoisotopic (exact) mass is 346 g/mol. The molecule has 0 spiro atoms. The molecule has 0 heterocycles. The average Bonchev–Trinajstić information content (AvgIpc) is 2.57. The molecule has 1 fully saturated rings. The van der Waals surface area contributed by atoms with E-state index < -0.39 is 5.97 Å². The van der Waals surface area contributed by atoms with E-state index in [1.165, 1.54) is 13.3 Å². The highest BCUT2D eigenvalue weighted by Gasteiger charge is 2.28. The molecule has 1 aliphatic rings. The van der Waals surface area contributed by atoms with E-state index in [2.05, 4.69) is 24.5 Å². The van der Waals surface area contributed by atoms with Gasteiger partial charge in [0, 0.05) is 18.7 Å². The van der Waals surface area contributed by atoms with Gasteiger partial charge in [-0.3, -0.25) is 9.59 Å². The lowest BCUT2D eigenvalue weighted by Crippen LogP contribution is -2.45. The zero-order chi connectivity index (χ0) is 18.4. The van der Waals surface area contributed by atoms with Crippen molar-refractivity contribution < 1.29 is 19.1 Å². The van der Waals surface area contributed by atoms with Crippen molar-refractivity contribution >= 4 is 23.5 Å². The van der Waals surface area contributed by atoms with Crippen LogP contribution in [0, 0.1) is 11.8 Å². The van der Waals surface area contributed by atoms with Gasteiger partial charge in [-0.25, -0.2) is 4.79 Å². The number of rotatable bonds is 5. The van der Waals surface area contributed by atoms with Crippen LogP contribution in [0.1, 0.15) is 50.4 Å². The molecule has 1 aliphatic carbocycles. The third-order valence-corrected chi connectivity index (χ3v) is 4.83. The molecule has 0 unspecified atom stereocenters. The number of esters is 1. The predicted molar refractivity (Wildman–Crippen MR) is 95.1 cm³/mol. The van der Waals surface area contributed by atoms with Crippen LogP contribution in [0.3, 0.4) is 0 Å². The van der Waals surface area contributed by atoms with E-state index in [4.69, 9.17) is 4.74 Å². The molecule has 1 saturated carbocycles. The van der Waals surface area contributed by atoms with Crippen molar-refractivity contribution in [3.05, 3.63) is 29.8 Å². The van der Waals surface area contributed by atoms with Crippen LogP contribution >= 0.6 is 0 Å². The number of ether oxygens (including phenoxy) is 1. The number of anilines is 1. The van der Waals surface area contributed by atoms with Gasteiger partial charge in [0.15, 0.2) is 6.61 Å². The molecule has 2 N–H and O–H groups in total. The quantitative estimate of drug-likeness (QED) is 0.803. The van der Waals surface area contributed by atoms with Crippen molar-refractivity contribution in [1.29, 1.82) is 0 Å². The Kier molecular flexibility index (Phi) is 6.56. The first kappa shape index (κ1) is 19.0. The SMILES string of the molecule is CC(=O)Nc1ccc(C(=O)OCC(=O)N[C@@H]2CCC[C@@H](C)[C@H]2C)cc1. The van der Waals surface area contributed by atoms with Gasteiger partial charge in [-0.05, 0) is 42.5 Å². The minimum Gasteiger partial charge on any atom is -0.452 e. The van der Waals surface area contributed by atoms with E-state index in [1.54, 1.807) is 24.3 Å². The molecule has 0 aliphatic heterocycles. The second-order valence-corrected chi connectivity index (χ2v) is 6.78. The minimum atomic E-state index is -0.561. The van der Waals surface area contributed by atoms with Crippen LogP contribution in [0.5, 0.6) is 0 Å². The second-order valence-electron chi connectivity index (χ2n) is 6.78. The highest BCUT2D eigenvalue weighted by molar-refractivity contribution is 5.93. The maximum Gasteiger partial charge on any atom is 0.338 e. The maximum absolute atomic E-state index is 12.0. The molecule has 0 radical (unpaired) electrons. The fourth-order valence-electron chi connectivity index (χ4n) is 3.14. The number of nitrogens with one attached hydrogen (secondary N) is 2. The molecular weight excluding hydrogens is 320 g/mol. The summed E-state index contributed by atoms with van der Waals surface area (Å²) in [4.78, 5) is 35.0. The molecular formula is C19H26N2O4. The Hall–Kier alpha value is -2.37. The first-order valence-electron chi connectivity index (χ1n) is 8.71. The summed E-state index contributed by atoms with van der Waals surface area (Å²) in [6, 6.07) is 6.48. The van der Waals surface area contributed by atoms with Gasteiger partial charge < -0.3 is 15.4 Å². The molecule has 0 saturated heterocycles. The molecule has 1 aromatic carbocycles. The Balaban J connectivity index is 1.80. The summed E-state index contributed by atoms with van der Waals surface area (Å²) >= 11 is 0. The third kappa shape index (κ3) is 5.59. The summed E-state index contributed by atoms with van der Waals surface area (Å²) in [5, 5.41) is 5.59. The summed E-state index contributed by atoms with van der Waals surface area (Å²) in [5.41, 5.74) is 0.934. The highest BCUT2D eigenvalue weighted by Crippen LogP contribution is 2.29. The number of carbonyl (C=O) groups excluding carboxylic acids is 3. The smallest absolute Gasteiger partial charge is 0.338 e. The van der Waals surface area contributed by atoms with Crippen LogP contribution in [0.15, 0.2) is 24.3 Å². The van der Waals surface area contributed by atoms with E-state index in [1.807, 2.05) is 0 Å². The standard InChI is InChI=1S/C19H26N2O4/c1-12-5-4-6-17(13(12)2)21-18(23)11-25-19(24)15-7-9-16(10-8-15)20-14(3)22/h7-10,12-13,17H,4-6,11H2,1-3H3,(H,20,22)(H,21,23)/t12-,13-,17-/m1/s1. The summed E-state index contributed by atoms with van der Waals surface area (Å²) in [6.07, 6.45) is 3.27. The van der Waals surface area contributed by atoms with Crippen molar-refractivity contribution in [2.45, 2.75) is 46.1 Å². The van der Waals surface area contributed by atoms with Gasteiger partial charge >= 0.3 is 5.97 Å². The third-order valence-electron chi connectivity index (χ3n) is 4.83. The van der Waals surface area contributed by atoms with E-state index in [0.717, 1.165) is 12.8 Å². The van der Waals surface area contributed by atoms with Crippen LogP contribution in [0.4, 0.5) is 5.69 Å². The first-order chi connectivity index (χ1) is 11.9. The molecule has 1 aromatic rings. The highest BCUT2D eigenvalue weighted by atomic mass is 16.5. The van der Waals surface area contributed by atoms with Gasteiger partial charge in [-0.15, -0.1) is 0 Å². The molecule has 6 nitrogen and oxygen atoms in total. The molecule has 136 valence electrons. The normalized spacial score (nSPS) is 22.8. The molecule has 2 amide bonds. The lowest BCUT2D eigenvalue weighted by atomic mass is 9.78. The van der Waals surface area contributed by atoms with E-state index >= 15 is 0 Å². The largest absolute Gasteiger partial charge is 0.452 e. The Bertz CT molecular complexity index is 627.